The summed E-state index contributed by atoms with van der Waals surface area (Å²) in [6.07, 6.45) is 4.73. The molecule has 1 aromatic heterocycles. The fraction of sp³-hybridized carbons (Fsp3) is 0.500. The highest BCUT2D eigenvalue weighted by Gasteiger charge is 2.32. The molecule has 26 heavy (non-hydrogen) atoms. The molecule has 6 nitrogen and oxygen atoms in total. The van der Waals surface area contributed by atoms with Crippen LogP contribution in [0.4, 0.5) is 4.39 Å². The summed E-state index contributed by atoms with van der Waals surface area (Å²) >= 11 is 0. The van der Waals surface area contributed by atoms with Crippen molar-refractivity contribution in [3.05, 3.63) is 41.5 Å². The predicted molar refractivity (Wildman–Crippen MR) is 94.3 cm³/mol. The van der Waals surface area contributed by atoms with E-state index in [1.54, 1.807) is 0 Å². The quantitative estimate of drug-likeness (QED) is 0.765. The molecular weight excluding hydrogens is 357 g/mol. The van der Waals surface area contributed by atoms with Crippen molar-refractivity contribution >= 4 is 10.0 Å². The van der Waals surface area contributed by atoms with Gasteiger partial charge in [0, 0.05) is 24.1 Å². The van der Waals surface area contributed by atoms with Gasteiger partial charge in [-0.05, 0) is 49.9 Å². The summed E-state index contributed by atoms with van der Waals surface area (Å²) in [5.74, 6) is 0.449. The third-order valence-corrected chi connectivity index (χ3v) is 6.33. The Balaban J connectivity index is 1.43. The predicted octanol–water partition coefficient (Wildman–Crippen LogP) is 2.76. The number of nitrogens with one attached hydrogen (secondary N) is 1. The third-order valence-electron chi connectivity index (χ3n) is 4.87. The van der Waals surface area contributed by atoms with Crippen molar-refractivity contribution in [1.82, 2.24) is 14.5 Å². The lowest BCUT2D eigenvalue weighted by atomic mass is 10.2. The van der Waals surface area contributed by atoms with Crippen LogP contribution in [0.25, 0.3) is 0 Å². The maximum atomic E-state index is 13.8. The van der Waals surface area contributed by atoms with Crippen molar-refractivity contribution in [2.45, 2.75) is 49.0 Å². The number of hydrogen-bond donors (Lipinski definition) is 1. The summed E-state index contributed by atoms with van der Waals surface area (Å²) in [4.78, 5) is -0.114. The van der Waals surface area contributed by atoms with Crippen molar-refractivity contribution in [2.24, 2.45) is 0 Å². The van der Waals surface area contributed by atoms with Gasteiger partial charge in [-0.1, -0.05) is 0 Å². The first-order valence-corrected chi connectivity index (χ1v) is 10.4. The van der Waals surface area contributed by atoms with Crippen LogP contribution in [-0.4, -0.2) is 31.9 Å². The van der Waals surface area contributed by atoms with E-state index in [4.69, 9.17) is 4.74 Å². The molecule has 2 aliphatic carbocycles. The first kappa shape index (κ1) is 17.5. The lowest BCUT2D eigenvalue weighted by Gasteiger charge is -2.10. The summed E-state index contributed by atoms with van der Waals surface area (Å²) < 4.78 is 47.8. The molecule has 2 fully saturated rings. The van der Waals surface area contributed by atoms with Crippen molar-refractivity contribution < 1.29 is 17.5 Å². The molecule has 0 aliphatic heterocycles. The minimum atomic E-state index is -3.78. The van der Waals surface area contributed by atoms with Gasteiger partial charge in [-0.2, -0.15) is 5.10 Å². The van der Waals surface area contributed by atoms with Crippen LogP contribution in [0.5, 0.6) is 5.75 Å². The maximum Gasteiger partial charge on any atom is 0.240 e. The number of aromatic nitrogens is 2. The third kappa shape index (κ3) is 3.61. The number of halogens is 1. The van der Waals surface area contributed by atoms with Gasteiger partial charge in [-0.15, -0.1) is 0 Å². The average molecular weight is 379 g/mol. The molecule has 0 spiro atoms. The Bertz CT molecular complexity index is 918. The van der Waals surface area contributed by atoms with Crippen LogP contribution in [0.1, 0.15) is 48.9 Å². The zero-order chi connectivity index (χ0) is 18.3. The van der Waals surface area contributed by atoms with Gasteiger partial charge in [-0.25, -0.2) is 17.5 Å². The second-order valence-electron chi connectivity index (χ2n) is 6.96. The molecule has 0 bridgehead atoms. The van der Waals surface area contributed by atoms with E-state index in [0.29, 0.717) is 18.4 Å². The summed E-state index contributed by atoms with van der Waals surface area (Å²) in [5.41, 5.74) is 2.34. The molecule has 0 amide bonds. The van der Waals surface area contributed by atoms with E-state index in [0.717, 1.165) is 11.8 Å². The molecule has 2 saturated carbocycles. The Hall–Kier alpha value is -1.93. The second kappa shape index (κ2) is 6.66. The molecule has 0 atom stereocenters. The van der Waals surface area contributed by atoms with E-state index in [1.807, 2.05) is 4.68 Å². The smallest absolute Gasteiger partial charge is 0.240 e. The molecule has 4 rings (SSSR count). The Labute approximate surface area is 152 Å². The standard InChI is InChI=1S/C18H22FN3O3S/c1-25-18-7-6-14(10-15(18)19)26(23,24)20-8-9-22-17(13-4-5-13)11-16(21-22)12-2-3-12/h6-7,10-13,20H,2-5,8-9H2,1H3. The van der Waals surface area contributed by atoms with Crippen molar-refractivity contribution in [3.63, 3.8) is 0 Å². The van der Waals surface area contributed by atoms with E-state index < -0.39 is 15.8 Å². The first-order valence-electron chi connectivity index (χ1n) is 8.89. The molecular formula is C18H22FN3O3S. The largest absolute Gasteiger partial charge is 0.494 e. The Kier molecular flexibility index (Phi) is 4.48. The highest BCUT2D eigenvalue weighted by molar-refractivity contribution is 7.89. The number of hydrogen-bond acceptors (Lipinski definition) is 4. The van der Waals surface area contributed by atoms with Crippen LogP contribution in [0.15, 0.2) is 29.2 Å². The fourth-order valence-electron chi connectivity index (χ4n) is 3.10. The zero-order valence-corrected chi connectivity index (χ0v) is 15.4. The molecule has 2 aromatic rings. The van der Waals surface area contributed by atoms with Gasteiger partial charge in [0.05, 0.1) is 24.2 Å². The fourth-order valence-corrected chi connectivity index (χ4v) is 4.13. The maximum absolute atomic E-state index is 13.8. The molecule has 8 heteroatoms. The van der Waals surface area contributed by atoms with Crippen molar-refractivity contribution in [2.75, 3.05) is 13.7 Å². The summed E-state index contributed by atoms with van der Waals surface area (Å²) in [6, 6.07) is 5.79. The SMILES string of the molecule is COc1ccc(S(=O)(=O)NCCn2nc(C3CC3)cc2C2CC2)cc1F. The number of benzene rings is 1. The topological polar surface area (TPSA) is 73.2 Å². The number of methoxy groups -OCH3 is 1. The van der Waals surface area contributed by atoms with Crippen LogP contribution < -0.4 is 9.46 Å². The Morgan fingerprint density at radius 1 is 1.23 bits per heavy atom. The summed E-state index contributed by atoms with van der Waals surface area (Å²) in [7, 11) is -2.44. The van der Waals surface area contributed by atoms with Crippen LogP contribution in [0.3, 0.4) is 0 Å². The van der Waals surface area contributed by atoms with Crippen LogP contribution in [0, 0.1) is 5.82 Å². The van der Waals surface area contributed by atoms with Crippen LogP contribution in [-0.2, 0) is 16.6 Å². The van der Waals surface area contributed by atoms with E-state index in [2.05, 4.69) is 15.9 Å². The van der Waals surface area contributed by atoms with E-state index in [1.165, 1.54) is 50.6 Å². The molecule has 0 unspecified atom stereocenters. The van der Waals surface area contributed by atoms with Crippen molar-refractivity contribution in [1.29, 1.82) is 0 Å². The Morgan fingerprint density at radius 3 is 2.58 bits per heavy atom. The Morgan fingerprint density at radius 2 is 1.96 bits per heavy atom. The number of sulfonamides is 1. The number of rotatable bonds is 8. The minimum absolute atomic E-state index is 0.0159. The molecule has 140 valence electrons. The second-order valence-corrected chi connectivity index (χ2v) is 8.73. The number of ether oxygens (including phenoxy) is 1. The molecule has 1 N–H and O–H groups in total. The zero-order valence-electron chi connectivity index (χ0n) is 14.6. The number of nitrogens with zero attached hydrogens (tertiary/aromatic N) is 2. The van der Waals surface area contributed by atoms with Crippen LogP contribution >= 0.6 is 0 Å². The van der Waals surface area contributed by atoms with Gasteiger partial charge in [0.1, 0.15) is 0 Å². The lowest BCUT2D eigenvalue weighted by Crippen LogP contribution is -2.28. The minimum Gasteiger partial charge on any atom is -0.494 e. The van der Waals surface area contributed by atoms with Gasteiger partial charge in [0.2, 0.25) is 10.0 Å². The normalized spacial score (nSPS) is 17.5. The molecule has 0 saturated heterocycles. The van der Waals surface area contributed by atoms with Gasteiger partial charge in [0.15, 0.2) is 11.6 Å². The summed E-state index contributed by atoms with van der Waals surface area (Å²) in [6.45, 7) is 0.678. The lowest BCUT2D eigenvalue weighted by molar-refractivity contribution is 0.385. The van der Waals surface area contributed by atoms with Gasteiger partial charge in [-0.3, -0.25) is 4.68 Å². The van der Waals surface area contributed by atoms with E-state index in [-0.39, 0.29) is 17.2 Å². The van der Waals surface area contributed by atoms with Gasteiger partial charge >= 0.3 is 0 Å². The molecule has 2 aliphatic rings. The van der Waals surface area contributed by atoms with Crippen LogP contribution in [0.2, 0.25) is 0 Å². The molecule has 1 heterocycles. The van der Waals surface area contributed by atoms with Gasteiger partial charge in [0.25, 0.3) is 0 Å². The molecule has 0 radical (unpaired) electrons. The highest BCUT2D eigenvalue weighted by atomic mass is 32.2. The van der Waals surface area contributed by atoms with Crippen molar-refractivity contribution in [3.8, 4) is 5.75 Å². The van der Waals surface area contributed by atoms with E-state index >= 15 is 0 Å². The van der Waals surface area contributed by atoms with Gasteiger partial charge < -0.3 is 4.74 Å². The molecule has 1 aromatic carbocycles. The highest BCUT2D eigenvalue weighted by Crippen LogP contribution is 2.44. The monoisotopic (exact) mass is 379 g/mol. The average Bonchev–Trinajstić information content (AvgIpc) is 3.53. The first-order chi connectivity index (χ1) is 12.5. The summed E-state index contributed by atoms with van der Waals surface area (Å²) in [5, 5.41) is 4.67. The van der Waals surface area contributed by atoms with E-state index in [9.17, 15) is 12.8 Å².